The van der Waals surface area contributed by atoms with E-state index in [-0.39, 0.29) is 32.8 Å². The Hall–Kier alpha value is -2.67. The lowest BCUT2D eigenvalue weighted by Gasteiger charge is -2.35. The van der Waals surface area contributed by atoms with Crippen LogP contribution in [0.1, 0.15) is 46.3 Å². The van der Waals surface area contributed by atoms with Gasteiger partial charge in [0, 0.05) is 20.9 Å². The SMILES string of the molecule is Cc1ncsc1-c1ccc([C@]2(C)N=C([C@@H]3C[C@@H](O)CN3C(=O)C3N(S(C)(=O)=O)CCC3(C)C)NC2=O)cc1.[HH]. The predicted molar refractivity (Wildman–Crippen MR) is 147 cm³/mol. The van der Waals surface area contributed by atoms with Crippen molar-refractivity contribution in [1.29, 1.82) is 0 Å². The largest absolute Gasteiger partial charge is 0.391 e. The molecule has 38 heavy (non-hydrogen) atoms. The monoisotopic (exact) mass is 561 g/mol. The number of rotatable bonds is 5. The summed E-state index contributed by atoms with van der Waals surface area (Å²) in [6, 6.07) is 6.07. The van der Waals surface area contributed by atoms with Crippen LogP contribution in [0.4, 0.5) is 0 Å². The van der Waals surface area contributed by atoms with Gasteiger partial charge in [-0.2, -0.15) is 4.31 Å². The van der Waals surface area contributed by atoms with Crippen LogP contribution < -0.4 is 5.32 Å². The molecule has 0 spiro atoms. The summed E-state index contributed by atoms with van der Waals surface area (Å²) in [6.45, 7) is 7.74. The van der Waals surface area contributed by atoms with Crippen LogP contribution in [0.5, 0.6) is 0 Å². The molecule has 206 valence electrons. The van der Waals surface area contributed by atoms with E-state index in [1.165, 1.54) is 9.21 Å². The van der Waals surface area contributed by atoms with Crippen molar-refractivity contribution in [3.05, 3.63) is 41.0 Å². The molecule has 2 fully saturated rings. The Morgan fingerprint density at radius 3 is 2.53 bits per heavy atom. The molecule has 1 aromatic carbocycles. The first-order valence-electron chi connectivity index (χ1n) is 12.6. The zero-order valence-corrected chi connectivity index (χ0v) is 23.8. The number of aryl methyl sites for hydroxylation is 1. The number of nitrogens with one attached hydrogen (secondary N) is 1. The highest BCUT2D eigenvalue weighted by Gasteiger charge is 2.53. The summed E-state index contributed by atoms with van der Waals surface area (Å²) < 4.78 is 26.2. The summed E-state index contributed by atoms with van der Waals surface area (Å²) in [6.07, 6.45) is 1.05. The van der Waals surface area contributed by atoms with E-state index in [1.54, 1.807) is 23.8 Å². The van der Waals surface area contributed by atoms with E-state index in [0.717, 1.165) is 22.4 Å². The molecule has 5 rings (SSSR count). The molecular weight excluding hydrogens is 526 g/mol. The standard InChI is InChI=1S/C26H33N5O5S2.H2/c1-15-20(37-14-27-15)16-6-8-17(9-7-16)26(4)24(34)28-22(29-26)19-12-18(32)13-30(19)23(33)21-25(2,3)10-11-31(21)38(5,35)36;/h6-9,14,18-19,21,32H,10-13H2,1-5H3,(H,28,29,34);1H/t18-,19+,21?,26+;/m1./s1. The number of thiazole rings is 1. The van der Waals surface area contributed by atoms with Crippen LogP contribution in [0, 0.1) is 12.3 Å². The first-order valence-corrected chi connectivity index (χ1v) is 15.3. The number of amides is 2. The Morgan fingerprint density at radius 2 is 1.92 bits per heavy atom. The second kappa shape index (κ2) is 9.22. The lowest BCUT2D eigenvalue weighted by atomic mass is 9.84. The number of hydrogen-bond acceptors (Lipinski definition) is 8. The molecule has 4 atom stereocenters. The van der Waals surface area contributed by atoms with Crippen molar-refractivity contribution in [1.82, 2.24) is 19.5 Å². The van der Waals surface area contributed by atoms with Gasteiger partial charge in [-0.1, -0.05) is 38.1 Å². The van der Waals surface area contributed by atoms with Gasteiger partial charge in [0.2, 0.25) is 15.9 Å². The number of carbonyl (C=O) groups is 2. The maximum absolute atomic E-state index is 13.9. The number of aliphatic hydroxyl groups is 1. The van der Waals surface area contributed by atoms with Gasteiger partial charge < -0.3 is 15.3 Å². The number of β-amino-alcohol motifs (C(OH)–C–C–N with tert-alkyl or cyclic N) is 1. The van der Waals surface area contributed by atoms with Gasteiger partial charge >= 0.3 is 0 Å². The number of aliphatic imine (C=N–C) groups is 1. The fourth-order valence-corrected chi connectivity index (χ4v) is 7.77. The van der Waals surface area contributed by atoms with Crippen LogP contribution in [-0.2, 0) is 25.2 Å². The van der Waals surface area contributed by atoms with E-state index in [0.29, 0.717) is 17.8 Å². The van der Waals surface area contributed by atoms with Crippen LogP contribution >= 0.6 is 11.3 Å². The Bertz CT molecular complexity index is 1420. The highest BCUT2D eigenvalue weighted by Crippen LogP contribution is 2.40. The van der Waals surface area contributed by atoms with Crippen LogP contribution in [0.2, 0.25) is 0 Å². The molecule has 12 heteroatoms. The molecule has 1 aromatic heterocycles. The number of carbonyl (C=O) groups excluding carboxylic acids is 2. The van der Waals surface area contributed by atoms with E-state index >= 15 is 0 Å². The Balaban J connectivity index is 0.00000353. The summed E-state index contributed by atoms with van der Waals surface area (Å²) >= 11 is 1.55. The molecule has 2 N–H and O–H groups in total. The van der Waals surface area contributed by atoms with Crippen molar-refractivity contribution in [2.45, 2.75) is 64.3 Å². The number of nitrogens with zero attached hydrogens (tertiary/aromatic N) is 4. The molecule has 0 bridgehead atoms. The molecule has 0 saturated carbocycles. The second-order valence-corrected chi connectivity index (χ2v) is 14.1. The van der Waals surface area contributed by atoms with Crippen molar-refractivity contribution in [2.24, 2.45) is 10.4 Å². The van der Waals surface area contributed by atoms with Crippen molar-refractivity contribution in [3.8, 4) is 10.4 Å². The summed E-state index contributed by atoms with van der Waals surface area (Å²) in [5.74, 6) is -0.386. The van der Waals surface area contributed by atoms with E-state index < -0.39 is 39.2 Å². The lowest BCUT2D eigenvalue weighted by molar-refractivity contribution is -0.137. The van der Waals surface area contributed by atoms with Gasteiger partial charge in [0.25, 0.3) is 5.91 Å². The molecule has 10 nitrogen and oxygen atoms in total. The lowest BCUT2D eigenvalue weighted by Crippen LogP contribution is -2.55. The molecular formula is C26H35N5O5S2. The molecule has 1 unspecified atom stereocenters. The summed E-state index contributed by atoms with van der Waals surface area (Å²) in [5, 5.41) is 13.4. The smallest absolute Gasteiger partial charge is 0.257 e. The Kier molecular flexibility index (Phi) is 6.53. The highest BCUT2D eigenvalue weighted by molar-refractivity contribution is 7.88. The van der Waals surface area contributed by atoms with E-state index in [1.807, 2.05) is 45.0 Å². The van der Waals surface area contributed by atoms with Gasteiger partial charge in [0.05, 0.1) is 34.5 Å². The zero-order valence-electron chi connectivity index (χ0n) is 22.1. The zero-order chi connectivity index (χ0) is 27.6. The number of sulfonamides is 1. The summed E-state index contributed by atoms with van der Waals surface area (Å²) in [4.78, 5) is 38.7. The third kappa shape index (κ3) is 4.47. The molecule has 0 aliphatic carbocycles. The fourth-order valence-electron chi connectivity index (χ4n) is 5.78. The summed E-state index contributed by atoms with van der Waals surface area (Å²) in [5.41, 5.74) is 2.66. The maximum Gasteiger partial charge on any atom is 0.257 e. The van der Waals surface area contributed by atoms with Crippen molar-refractivity contribution >= 4 is 39.0 Å². The second-order valence-electron chi connectivity index (χ2n) is 11.3. The minimum Gasteiger partial charge on any atom is -0.391 e. The van der Waals surface area contributed by atoms with Crippen LogP contribution in [0.25, 0.3) is 10.4 Å². The van der Waals surface area contributed by atoms with Crippen molar-refractivity contribution in [3.63, 3.8) is 0 Å². The van der Waals surface area contributed by atoms with Gasteiger partial charge in [0.1, 0.15) is 11.9 Å². The van der Waals surface area contributed by atoms with Crippen molar-refractivity contribution < 1.29 is 24.5 Å². The van der Waals surface area contributed by atoms with Crippen LogP contribution in [-0.4, -0.2) is 82.9 Å². The molecule has 2 saturated heterocycles. The van der Waals surface area contributed by atoms with Crippen LogP contribution in [0.15, 0.2) is 34.8 Å². The fraction of sp³-hybridized carbons (Fsp3) is 0.538. The van der Waals surface area contributed by atoms with Crippen molar-refractivity contribution in [2.75, 3.05) is 19.3 Å². The number of hydrogen-bond donors (Lipinski definition) is 2. The third-order valence-corrected chi connectivity index (χ3v) is 10.2. The summed E-state index contributed by atoms with van der Waals surface area (Å²) in [7, 11) is -3.61. The number of amidine groups is 1. The maximum atomic E-state index is 13.9. The highest BCUT2D eigenvalue weighted by atomic mass is 32.2. The Labute approximate surface area is 228 Å². The van der Waals surface area contributed by atoms with E-state index in [9.17, 15) is 23.1 Å². The normalized spacial score (nSPS) is 29.5. The molecule has 0 radical (unpaired) electrons. The van der Waals surface area contributed by atoms with Crippen LogP contribution in [0.3, 0.4) is 0 Å². The van der Waals surface area contributed by atoms with Gasteiger partial charge in [0.15, 0.2) is 5.54 Å². The average Bonchev–Trinajstić information content (AvgIpc) is 3.59. The topological polar surface area (TPSA) is 132 Å². The van der Waals surface area contributed by atoms with E-state index in [2.05, 4.69) is 10.3 Å². The first-order chi connectivity index (χ1) is 17.7. The Morgan fingerprint density at radius 1 is 1.24 bits per heavy atom. The van der Waals surface area contributed by atoms with Gasteiger partial charge in [-0.15, -0.1) is 11.3 Å². The third-order valence-electron chi connectivity index (χ3n) is 8.02. The molecule has 3 aliphatic heterocycles. The quantitative estimate of drug-likeness (QED) is 0.575. The molecule has 4 heterocycles. The minimum absolute atomic E-state index is 0. The molecule has 2 aromatic rings. The molecule has 2 amide bonds. The predicted octanol–water partition coefficient (Wildman–Crippen LogP) is 2.13. The minimum atomic E-state index is -3.61. The number of aliphatic hydroxyl groups excluding tert-OH is 1. The van der Waals surface area contributed by atoms with E-state index in [4.69, 9.17) is 4.99 Å². The number of likely N-dealkylation sites (tertiary alicyclic amines) is 1. The van der Waals surface area contributed by atoms with Gasteiger partial charge in [-0.3, -0.25) is 9.59 Å². The van der Waals surface area contributed by atoms with Gasteiger partial charge in [-0.25, -0.2) is 18.4 Å². The van der Waals surface area contributed by atoms with Gasteiger partial charge in [-0.05, 0) is 36.8 Å². The molecule has 3 aliphatic rings. The average molecular weight is 562 g/mol. The first kappa shape index (κ1) is 26.9. The number of benzene rings is 1. The number of aromatic nitrogens is 1.